The summed E-state index contributed by atoms with van der Waals surface area (Å²) in [7, 11) is 0. The topological polar surface area (TPSA) is 53.7 Å². The Hall–Kier alpha value is -1.46. The molecule has 2 unspecified atom stereocenters. The highest BCUT2D eigenvalue weighted by Gasteiger charge is 2.28. The largest absolute Gasteiger partial charge is 0.478 e. The van der Waals surface area contributed by atoms with Crippen LogP contribution in [0.3, 0.4) is 0 Å². The quantitative estimate of drug-likeness (QED) is 0.941. The number of carboxylic acids is 1. The molecule has 0 spiro atoms. The molecule has 1 N–H and O–H groups in total. The number of carboxylic acid groups (broad SMARTS) is 1. The highest BCUT2D eigenvalue weighted by Crippen LogP contribution is 2.30. The summed E-state index contributed by atoms with van der Waals surface area (Å²) in [4.78, 5) is 13.9. The number of hydrogen-bond donors (Lipinski definition) is 1. The van der Waals surface area contributed by atoms with Crippen LogP contribution in [0.25, 0.3) is 11.0 Å². The van der Waals surface area contributed by atoms with Crippen LogP contribution in [-0.2, 0) is 6.54 Å². The van der Waals surface area contributed by atoms with Gasteiger partial charge in [-0.15, -0.1) is 0 Å². The summed E-state index contributed by atoms with van der Waals surface area (Å²) in [6.45, 7) is 5.94. The van der Waals surface area contributed by atoms with E-state index in [0.29, 0.717) is 40.1 Å². The van der Waals surface area contributed by atoms with Crippen LogP contribution in [0.1, 0.15) is 30.0 Å². The van der Waals surface area contributed by atoms with E-state index in [0.717, 1.165) is 12.3 Å². The highest BCUT2D eigenvalue weighted by atomic mass is 32.2. The molecule has 1 aliphatic heterocycles. The number of carbonyl (C=O) groups is 1. The van der Waals surface area contributed by atoms with E-state index in [-0.39, 0.29) is 0 Å². The number of rotatable bonds is 3. The second-order valence-corrected chi connectivity index (χ2v) is 6.97. The van der Waals surface area contributed by atoms with Crippen LogP contribution in [0, 0.1) is 0 Å². The number of furan rings is 1. The van der Waals surface area contributed by atoms with Gasteiger partial charge in [-0.3, -0.25) is 4.90 Å². The summed E-state index contributed by atoms with van der Waals surface area (Å²) in [5.41, 5.74) is 0.959. The molecule has 5 heteroatoms. The van der Waals surface area contributed by atoms with Crippen molar-refractivity contribution in [1.29, 1.82) is 0 Å². The van der Waals surface area contributed by atoms with Gasteiger partial charge in [0.05, 0.1) is 6.54 Å². The fourth-order valence-corrected chi connectivity index (χ4v) is 4.01. The van der Waals surface area contributed by atoms with Crippen molar-refractivity contribution in [2.24, 2.45) is 0 Å². The number of hydrogen-bond acceptors (Lipinski definition) is 4. The summed E-state index contributed by atoms with van der Waals surface area (Å²) >= 11 is 1.97. The van der Waals surface area contributed by atoms with E-state index in [4.69, 9.17) is 4.42 Å². The maximum absolute atomic E-state index is 11.6. The molecule has 1 aromatic carbocycles. The first-order valence-corrected chi connectivity index (χ1v) is 8.22. The van der Waals surface area contributed by atoms with Crippen molar-refractivity contribution in [2.75, 3.05) is 12.3 Å². The third-order valence-electron chi connectivity index (χ3n) is 4.24. The summed E-state index contributed by atoms with van der Waals surface area (Å²) < 4.78 is 5.82. The van der Waals surface area contributed by atoms with Gasteiger partial charge in [0, 0.05) is 29.0 Å². The van der Waals surface area contributed by atoms with Crippen molar-refractivity contribution < 1.29 is 14.3 Å². The third-order valence-corrected chi connectivity index (χ3v) is 5.58. The van der Waals surface area contributed by atoms with Crippen LogP contribution in [0.4, 0.5) is 0 Å². The normalized spacial score (nSPS) is 23.5. The van der Waals surface area contributed by atoms with Crippen molar-refractivity contribution >= 4 is 28.7 Å². The number of benzene rings is 1. The lowest BCUT2D eigenvalue weighted by atomic mass is 10.1. The number of nitrogens with zero attached hydrogens (tertiary/aromatic N) is 1. The van der Waals surface area contributed by atoms with Gasteiger partial charge in [0.15, 0.2) is 0 Å². The van der Waals surface area contributed by atoms with Crippen LogP contribution < -0.4 is 0 Å². The van der Waals surface area contributed by atoms with E-state index < -0.39 is 5.97 Å². The molecule has 1 aliphatic rings. The Labute approximate surface area is 128 Å². The van der Waals surface area contributed by atoms with Crippen molar-refractivity contribution in [1.82, 2.24) is 4.90 Å². The van der Waals surface area contributed by atoms with Crippen LogP contribution in [0.5, 0.6) is 0 Å². The fraction of sp³-hybridized carbons (Fsp3) is 0.438. The monoisotopic (exact) mass is 305 g/mol. The molecule has 2 atom stereocenters. The molecule has 1 aromatic heterocycles. The molecule has 1 fully saturated rings. The van der Waals surface area contributed by atoms with Gasteiger partial charge in [-0.05, 0) is 13.0 Å². The molecule has 0 amide bonds. The van der Waals surface area contributed by atoms with Crippen LogP contribution in [0.15, 0.2) is 28.7 Å². The first-order chi connectivity index (χ1) is 10.1. The minimum Gasteiger partial charge on any atom is -0.478 e. The zero-order chi connectivity index (χ0) is 15.0. The molecule has 112 valence electrons. The predicted molar refractivity (Wildman–Crippen MR) is 85.0 cm³/mol. The Bertz CT molecular complexity index is 667. The zero-order valence-corrected chi connectivity index (χ0v) is 13.0. The van der Waals surface area contributed by atoms with Crippen LogP contribution in [0.2, 0.25) is 0 Å². The minimum atomic E-state index is -0.915. The van der Waals surface area contributed by atoms with Gasteiger partial charge in [0.25, 0.3) is 0 Å². The first-order valence-electron chi connectivity index (χ1n) is 7.17. The fourth-order valence-electron chi connectivity index (χ4n) is 2.85. The SMILES string of the molecule is CC1SCCN(Cc2oc3ccccc3c2C(=O)O)C1C. The van der Waals surface area contributed by atoms with E-state index in [1.54, 1.807) is 0 Å². The third kappa shape index (κ3) is 2.68. The number of fused-ring (bicyclic) bond motifs is 1. The molecule has 0 saturated carbocycles. The molecule has 2 heterocycles. The van der Waals surface area contributed by atoms with Crippen molar-refractivity contribution in [3.05, 3.63) is 35.6 Å². The van der Waals surface area contributed by atoms with Crippen LogP contribution >= 0.6 is 11.8 Å². The molecular weight excluding hydrogens is 286 g/mol. The van der Waals surface area contributed by atoms with Gasteiger partial charge >= 0.3 is 5.97 Å². The zero-order valence-electron chi connectivity index (χ0n) is 12.2. The van der Waals surface area contributed by atoms with Crippen molar-refractivity contribution in [2.45, 2.75) is 31.7 Å². The van der Waals surface area contributed by atoms with Gasteiger partial charge in [-0.25, -0.2) is 4.79 Å². The summed E-state index contributed by atoms with van der Waals surface area (Å²) in [6.07, 6.45) is 0. The summed E-state index contributed by atoms with van der Waals surface area (Å²) in [6, 6.07) is 7.76. The second-order valence-electron chi connectivity index (χ2n) is 5.49. The Morgan fingerprint density at radius 3 is 2.95 bits per heavy atom. The molecule has 0 radical (unpaired) electrons. The number of para-hydroxylation sites is 1. The lowest BCUT2D eigenvalue weighted by Crippen LogP contribution is -2.44. The molecule has 4 nitrogen and oxygen atoms in total. The van der Waals surface area contributed by atoms with E-state index in [9.17, 15) is 9.90 Å². The minimum absolute atomic E-state index is 0.309. The molecule has 0 bridgehead atoms. The standard InChI is InChI=1S/C16H19NO3S/c1-10-11(2)21-8-7-17(10)9-14-15(16(18)19)12-5-3-4-6-13(12)20-14/h3-6,10-11H,7-9H2,1-2H3,(H,18,19). The molecule has 0 aliphatic carbocycles. The molecular formula is C16H19NO3S. The van der Waals surface area contributed by atoms with Gasteiger partial charge < -0.3 is 9.52 Å². The Balaban J connectivity index is 1.96. The highest BCUT2D eigenvalue weighted by molar-refractivity contribution is 8.00. The average molecular weight is 305 g/mol. The van der Waals surface area contributed by atoms with Gasteiger partial charge in [0.1, 0.15) is 16.9 Å². The Morgan fingerprint density at radius 2 is 2.19 bits per heavy atom. The number of aromatic carboxylic acids is 1. The van der Waals surface area contributed by atoms with Crippen LogP contribution in [-0.4, -0.2) is 39.6 Å². The maximum atomic E-state index is 11.6. The van der Waals surface area contributed by atoms with E-state index in [1.807, 2.05) is 36.0 Å². The summed E-state index contributed by atoms with van der Waals surface area (Å²) in [5, 5.41) is 10.8. The number of thioether (sulfide) groups is 1. The molecule has 21 heavy (non-hydrogen) atoms. The molecule has 3 rings (SSSR count). The average Bonchev–Trinajstić information content (AvgIpc) is 2.82. The second kappa shape index (κ2) is 5.73. The Morgan fingerprint density at radius 1 is 1.43 bits per heavy atom. The van der Waals surface area contributed by atoms with E-state index >= 15 is 0 Å². The van der Waals surface area contributed by atoms with Gasteiger partial charge in [-0.1, -0.05) is 25.1 Å². The lowest BCUT2D eigenvalue weighted by Gasteiger charge is -2.36. The summed E-state index contributed by atoms with van der Waals surface area (Å²) in [5.74, 6) is 0.727. The predicted octanol–water partition coefficient (Wildman–Crippen LogP) is 3.46. The van der Waals surface area contributed by atoms with E-state index in [2.05, 4.69) is 18.7 Å². The smallest absolute Gasteiger partial charge is 0.339 e. The van der Waals surface area contributed by atoms with Gasteiger partial charge in [0.2, 0.25) is 0 Å². The lowest BCUT2D eigenvalue weighted by molar-refractivity contribution is 0.0693. The first kappa shape index (κ1) is 14.5. The molecule has 2 aromatic rings. The van der Waals surface area contributed by atoms with E-state index in [1.165, 1.54) is 0 Å². The van der Waals surface area contributed by atoms with Crippen molar-refractivity contribution in [3.8, 4) is 0 Å². The maximum Gasteiger partial charge on any atom is 0.339 e. The Kier molecular flexibility index (Phi) is 3.95. The molecule has 1 saturated heterocycles. The van der Waals surface area contributed by atoms with Crippen molar-refractivity contribution in [3.63, 3.8) is 0 Å². The van der Waals surface area contributed by atoms with Gasteiger partial charge in [-0.2, -0.15) is 11.8 Å².